The second-order valence-electron chi connectivity index (χ2n) is 5.99. The molecule has 2 aromatic carbocycles. The molecule has 2 aliphatic rings. The van der Waals surface area contributed by atoms with Crippen molar-refractivity contribution in [3.8, 4) is 17.2 Å². The van der Waals surface area contributed by atoms with Gasteiger partial charge < -0.3 is 24.3 Å². The van der Waals surface area contributed by atoms with E-state index in [4.69, 9.17) is 18.9 Å². The molecule has 2 aliphatic heterocycles. The third-order valence-electron chi connectivity index (χ3n) is 4.21. The number of rotatable bonds is 5. The third kappa shape index (κ3) is 3.69. The summed E-state index contributed by atoms with van der Waals surface area (Å²) in [7, 11) is 0. The van der Waals surface area contributed by atoms with E-state index >= 15 is 0 Å². The van der Waals surface area contributed by atoms with Gasteiger partial charge in [0.25, 0.3) is 5.91 Å². The van der Waals surface area contributed by atoms with Crippen LogP contribution in [0.25, 0.3) is 0 Å². The van der Waals surface area contributed by atoms with Crippen LogP contribution >= 0.6 is 0 Å². The topological polar surface area (TPSA) is 66.0 Å². The summed E-state index contributed by atoms with van der Waals surface area (Å²) in [6.07, 6.45) is 2.30. The van der Waals surface area contributed by atoms with Gasteiger partial charge in [-0.25, -0.2) is 0 Å². The minimum Gasteiger partial charge on any atom is -0.491 e. The molecule has 2 aromatic rings. The summed E-state index contributed by atoms with van der Waals surface area (Å²) in [5.41, 5.74) is 1.22. The molecule has 4 rings (SSSR count). The van der Waals surface area contributed by atoms with E-state index in [2.05, 4.69) is 5.32 Å². The van der Waals surface area contributed by atoms with Gasteiger partial charge >= 0.3 is 0 Å². The van der Waals surface area contributed by atoms with E-state index in [1.54, 1.807) is 42.5 Å². The lowest BCUT2D eigenvalue weighted by Gasteiger charge is -2.12. The molecule has 2 heterocycles. The summed E-state index contributed by atoms with van der Waals surface area (Å²) in [5.74, 6) is 1.86. The molecule has 1 fully saturated rings. The Morgan fingerprint density at radius 3 is 2.76 bits per heavy atom. The number of benzene rings is 2. The molecule has 1 atom stereocenters. The van der Waals surface area contributed by atoms with Crippen molar-refractivity contribution in [3.63, 3.8) is 0 Å². The number of carbonyl (C=O) groups excluding carboxylic acids is 1. The first kappa shape index (κ1) is 15.8. The lowest BCUT2D eigenvalue weighted by atomic mass is 10.2. The summed E-state index contributed by atoms with van der Waals surface area (Å²) in [4.78, 5) is 12.3. The molecule has 1 amide bonds. The van der Waals surface area contributed by atoms with Gasteiger partial charge in [0, 0.05) is 23.9 Å². The lowest BCUT2D eigenvalue weighted by Crippen LogP contribution is -2.16. The number of hydrogen-bond acceptors (Lipinski definition) is 5. The van der Waals surface area contributed by atoms with Crippen LogP contribution in [0.3, 0.4) is 0 Å². The summed E-state index contributed by atoms with van der Waals surface area (Å²) in [5, 5.41) is 2.85. The van der Waals surface area contributed by atoms with Crippen molar-refractivity contribution in [2.24, 2.45) is 0 Å². The van der Waals surface area contributed by atoms with Crippen molar-refractivity contribution in [1.82, 2.24) is 0 Å². The van der Waals surface area contributed by atoms with E-state index in [9.17, 15) is 4.79 Å². The van der Waals surface area contributed by atoms with Crippen LogP contribution in [0.2, 0.25) is 0 Å². The number of fused-ring (bicyclic) bond motifs is 1. The fraction of sp³-hybridized carbons (Fsp3) is 0.316. The summed E-state index contributed by atoms with van der Waals surface area (Å²) < 4.78 is 21.8. The van der Waals surface area contributed by atoms with Gasteiger partial charge in [0.2, 0.25) is 6.79 Å². The van der Waals surface area contributed by atoms with Crippen molar-refractivity contribution in [2.45, 2.75) is 18.9 Å². The van der Waals surface area contributed by atoms with Crippen LogP contribution in [-0.4, -0.2) is 32.0 Å². The van der Waals surface area contributed by atoms with Crippen LogP contribution in [0, 0.1) is 0 Å². The van der Waals surface area contributed by atoms with E-state index in [1.165, 1.54) is 0 Å². The first-order chi connectivity index (χ1) is 12.3. The normalized spacial score (nSPS) is 18.2. The average molecular weight is 341 g/mol. The zero-order valence-corrected chi connectivity index (χ0v) is 13.7. The number of ether oxygens (including phenoxy) is 4. The van der Waals surface area contributed by atoms with E-state index < -0.39 is 0 Å². The highest BCUT2D eigenvalue weighted by Crippen LogP contribution is 2.34. The Bertz CT molecular complexity index is 753. The van der Waals surface area contributed by atoms with Gasteiger partial charge in [-0.15, -0.1) is 0 Å². The lowest BCUT2D eigenvalue weighted by molar-refractivity contribution is 0.0679. The Morgan fingerprint density at radius 1 is 1.12 bits per heavy atom. The number of amides is 1. The predicted octanol–water partition coefficient (Wildman–Crippen LogP) is 3.23. The Hall–Kier alpha value is -2.73. The Morgan fingerprint density at radius 2 is 1.96 bits per heavy atom. The van der Waals surface area contributed by atoms with Crippen LogP contribution in [-0.2, 0) is 4.74 Å². The van der Waals surface area contributed by atoms with Crippen molar-refractivity contribution < 1.29 is 23.7 Å². The number of carbonyl (C=O) groups is 1. The summed E-state index contributed by atoms with van der Waals surface area (Å²) >= 11 is 0. The maximum Gasteiger partial charge on any atom is 0.255 e. The minimum absolute atomic E-state index is 0.175. The molecule has 25 heavy (non-hydrogen) atoms. The molecule has 6 nitrogen and oxygen atoms in total. The molecule has 6 heteroatoms. The van der Waals surface area contributed by atoms with Crippen molar-refractivity contribution in [1.29, 1.82) is 0 Å². The molecule has 130 valence electrons. The van der Waals surface area contributed by atoms with Gasteiger partial charge in [-0.1, -0.05) is 0 Å². The molecule has 0 radical (unpaired) electrons. The first-order valence-corrected chi connectivity index (χ1v) is 8.33. The standard InChI is InChI=1S/C19H19NO5/c21-19(20-14-5-8-17-18(10-14)25-12-24-17)13-3-6-15(7-4-13)23-11-16-2-1-9-22-16/h3-8,10,16H,1-2,9,11-12H2,(H,20,21)/t16-/m1/s1. The third-order valence-corrected chi connectivity index (χ3v) is 4.21. The van der Waals surface area contributed by atoms with E-state index in [0.717, 1.165) is 25.2 Å². The number of hydrogen-bond donors (Lipinski definition) is 1. The Kier molecular flexibility index (Phi) is 4.43. The van der Waals surface area contributed by atoms with Crippen LogP contribution in [0.5, 0.6) is 17.2 Å². The monoisotopic (exact) mass is 341 g/mol. The minimum atomic E-state index is -0.190. The Labute approximate surface area is 145 Å². The summed E-state index contributed by atoms with van der Waals surface area (Å²) in [6, 6.07) is 12.4. The SMILES string of the molecule is O=C(Nc1ccc2c(c1)OCO2)c1ccc(OC[C@H]2CCCO2)cc1. The van der Waals surface area contributed by atoms with Crippen molar-refractivity contribution in [3.05, 3.63) is 48.0 Å². The maximum absolute atomic E-state index is 12.3. The molecule has 0 saturated carbocycles. The smallest absolute Gasteiger partial charge is 0.255 e. The molecule has 1 N–H and O–H groups in total. The van der Waals surface area contributed by atoms with Crippen molar-refractivity contribution in [2.75, 3.05) is 25.3 Å². The zero-order chi connectivity index (χ0) is 17.1. The van der Waals surface area contributed by atoms with Gasteiger partial charge in [0.1, 0.15) is 12.4 Å². The highest BCUT2D eigenvalue weighted by molar-refractivity contribution is 6.04. The highest BCUT2D eigenvalue weighted by atomic mass is 16.7. The summed E-state index contributed by atoms with van der Waals surface area (Å²) in [6.45, 7) is 1.57. The van der Waals surface area contributed by atoms with Crippen LogP contribution in [0.4, 0.5) is 5.69 Å². The molecular formula is C19H19NO5. The van der Waals surface area contributed by atoms with Gasteiger partial charge in [0.15, 0.2) is 11.5 Å². The molecular weight excluding hydrogens is 322 g/mol. The van der Waals surface area contributed by atoms with Gasteiger partial charge in [-0.2, -0.15) is 0 Å². The highest BCUT2D eigenvalue weighted by Gasteiger charge is 2.17. The van der Waals surface area contributed by atoms with Crippen LogP contribution < -0.4 is 19.5 Å². The molecule has 0 spiro atoms. The van der Waals surface area contributed by atoms with Crippen molar-refractivity contribution >= 4 is 11.6 Å². The van der Waals surface area contributed by atoms with Gasteiger partial charge in [-0.3, -0.25) is 4.79 Å². The molecule has 1 saturated heterocycles. The second kappa shape index (κ2) is 7.03. The number of nitrogens with one attached hydrogen (secondary N) is 1. The fourth-order valence-electron chi connectivity index (χ4n) is 2.85. The molecule has 0 aliphatic carbocycles. The Balaban J connectivity index is 1.35. The second-order valence-corrected chi connectivity index (χ2v) is 5.99. The average Bonchev–Trinajstić information content (AvgIpc) is 3.31. The molecule has 0 unspecified atom stereocenters. The van der Waals surface area contributed by atoms with Gasteiger partial charge in [0.05, 0.1) is 6.10 Å². The maximum atomic E-state index is 12.3. The van der Waals surface area contributed by atoms with E-state index in [1.807, 2.05) is 0 Å². The molecule has 0 aromatic heterocycles. The van der Waals surface area contributed by atoms with E-state index in [0.29, 0.717) is 29.4 Å². The quantitative estimate of drug-likeness (QED) is 0.904. The largest absolute Gasteiger partial charge is 0.491 e. The molecule has 0 bridgehead atoms. The first-order valence-electron chi connectivity index (χ1n) is 8.33. The fourth-order valence-corrected chi connectivity index (χ4v) is 2.85. The van der Waals surface area contributed by atoms with Crippen LogP contribution in [0.15, 0.2) is 42.5 Å². The van der Waals surface area contributed by atoms with E-state index in [-0.39, 0.29) is 18.8 Å². The van der Waals surface area contributed by atoms with Gasteiger partial charge in [-0.05, 0) is 49.2 Å². The predicted molar refractivity (Wildman–Crippen MR) is 91.4 cm³/mol. The number of anilines is 1. The van der Waals surface area contributed by atoms with Crippen LogP contribution in [0.1, 0.15) is 23.2 Å². The zero-order valence-electron chi connectivity index (χ0n) is 13.7.